The Morgan fingerprint density at radius 3 is 2.50 bits per heavy atom. The number of rotatable bonds is 1. The number of likely N-dealkylation sites (tertiary alicyclic amines) is 2. The maximum absolute atomic E-state index is 12.6. The standard InChI is InChI=1S/C17H25N3O2/c1-18-10-5-6-14(15(18)21)16(22)20-12-8-17(9-13-20)7-3-4-11-19(17)2/h5-6,10H,3-4,7-9,11-13H2,1-2H3. The Bertz CT molecular complexity index is 615. The van der Waals surface area contributed by atoms with Crippen LogP contribution in [0, 0.1) is 0 Å². The second kappa shape index (κ2) is 5.88. The predicted octanol–water partition coefficient (Wildman–Crippen LogP) is 1.48. The molecule has 1 aromatic rings. The number of pyridine rings is 1. The maximum Gasteiger partial charge on any atom is 0.263 e. The summed E-state index contributed by atoms with van der Waals surface area (Å²) in [6.07, 6.45) is 7.52. The van der Waals surface area contributed by atoms with Crippen LogP contribution in [0.1, 0.15) is 42.5 Å². The van der Waals surface area contributed by atoms with Crippen molar-refractivity contribution in [1.82, 2.24) is 14.4 Å². The highest BCUT2D eigenvalue weighted by atomic mass is 16.2. The Labute approximate surface area is 131 Å². The molecule has 0 unspecified atom stereocenters. The normalized spacial score (nSPS) is 22.0. The Kier molecular flexibility index (Phi) is 4.08. The van der Waals surface area contributed by atoms with E-state index in [0.29, 0.717) is 0 Å². The lowest BCUT2D eigenvalue weighted by Gasteiger charge is -2.50. The number of aromatic nitrogens is 1. The van der Waals surface area contributed by atoms with Gasteiger partial charge in [0, 0.05) is 31.9 Å². The first-order chi connectivity index (χ1) is 10.5. The number of carbonyl (C=O) groups is 1. The van der Waals surface area contributed by atoms with Crippen molar-refractivity contribution in [2.75, 3.05) is 26.7 Å². The zero-order valence-corrected chi connectivity index (χ0v) is 13.5. The molecule has 0 aliphatic carbocycles. The zero-order valence-electron chi connectivity index (χ0n) is 13.5. The number of piperidine rings is 2. The quantitative estimate of drug-likeness (QED) is 0.789. The lowest BCUT2D eigenvalue weighted by molar-refractivity contribution is 0.0110. The molecule has 1 aromatic heterocycles. The summed E-state index contributed by atoms with van der Waals surface area (Å²) in [7, 11) is 3.89. The Hall–Kier alpha value is -1.62. The lowest BCUT2D eigenvalue weighted by atomic mass is 9.79. The summed E-state index contributed by atoms with van der Waals surface area (Å²) in [6.45, 7) is 2.66. The molecule has 3 heterocycles. The molecule has 0 bridgehead atoms. The Balaban J connectivity index is 1.72. The molecule has 2 fully saturated rings. The lowest BCUT2D eigenvalue weighted by Crippen LogP contribution is -2.57. The van der Waals surface area contributed by atoms with Gasteiger partial charge in [-0.2, -0.15) is 0 Å². The van der Waals surface area contributed by atoms with Gasteiger partial charge in [-0.15, -0.1) is 0 Å². The van der Waals surface area contributed by atoms with Crippen LogP contribution in [-0.4, -0.2) is 52.5 Å². The summed E-state index contributed by atoms with van der Waals surface area (Å²) in [4.78, 5) is 29.1. The summed E-state index contributed by atoms with van der Waals surface area (Å²) >= 11 is 0. The number of aryl methyl sites for hydroxylation is 1. The van der Waals surface area contributed by atoms with Gasteiger partial charge in [-0.25, -0.2) is 0 Å². The van der Waals surface area contributed by atoms with Gasteiger partial charge in [0.1, 0.15) is 5.56 Å². The highest BCUT2D eigenvalue weighted by Gasteiger charge is 2.40. The molecule has 5 nitrogen and oxygen atoms in total. The molecule has 0 aromatic carbocycles. The van der Waals surface area contributed by atoms with Crippen molar-refractivity contribution in [2.24, 2.45) is 7.05 Å². The minimum absolute atomic E-state index is 0.116. The number of hydrogen-bond donors (Lipinski definition) is 0. The van der Waals surface area contributed by atoms with Gasteiger partial charge < -0.3 is 14.4 Å². The smallest absolute Gasteiger partial charge is 0.263 e. The first-order valence-electron chi connectivity index (χ1n) is 8.20. The number of amides is 1. The van der Waals surface area contributed by atoms with E-state index in [0.717, 1.165) is 32.5 Å². The van der Waals surface area contributed by atoms with Gasteiger partial charge in [0.05, 0.1) is 0 Å². The molecule has 120 valence electrons. The van der Waals surface area contributed by atoms with E-state index in [-0.39, 0.29) is 22.6 Å². The Morgan fingerprint density at radius 1 is 1.09 bits per heavy atom. The summed E-state index contributed by atoms with van der Waals surface area (Å²) in [6, 6.07) is 3.40. The molecule has 2 aliphatic heterocycles. The van der Waals surface area contributed by atoms with Crippen molar-refractivity contribution in [2.45, 2.75) is 37.6 Å². The average molecular weight is 303 g/mol. The molecule has 0 atom stereocenters. The van der Waals surface area contributed by atoms with Crippen LogP contribution in [-0.2, 0) is 7.05 Å². The summed E-state index contributed by atoms with van der Waals surface area (Å²) in [5.74, 6) is -0.116. The van der Waals surface area contributed by atoms with Crippen molar-refractivity contribution in [1.29, 1.82) is 0 Å². The number of hydrogen-bond acceptors (Lipinski definition) is 3. The van der Waals surface area contributed by atoms with Gasteiger partial charge in [-0.05, 0) is 51.4 Å². The predicted molar refractivity (Wildman–Crippen MR) is 86.0 cm³/mol. The van der Waals surface area contributed by atoms with Crippen LogP contribution >= 0.6 is 0 Å². The van der Waals surface area contributed by atoms with Crippen molar-refractivity contribution in [3.8, 4) is 0 Å². The third-order valence-corrected chi connectivity index (χ3v) is 5.53. The number of carbonyl (C=O) groups excluding carboxylic acids is 1. The van der Waals surface area contributed by atoms with E-state index in [9.17, 15) is 9.59 Å². The van der Waals surface area contributed by atoms with Crippen LogP contribution in [0.5, 0.6) is 0 Å². The van der Waals surface area contributed by atoms with Gasteiger partial charge in [0.15, 0.2) is 0 Å². The van der Waals surface area contributed by atoms with Crippen LogP contribution in [0.3, 0.4) is 0 Å². The summed E-state index contributed by atoms with van der Waals surface area (Å²) in [5.41, 5.74) is 0.358. The SMILES string of the molecule is CN1CCCCC12CCN(C(=O)c1cccn(C)c1=O)CC2. The van der Waals surface area contributed by atoms with Crippen LogP contribution in [0.25, 0.3) is 0 Å². The molecule has 2 aliphatic rings. The van der Waals surface area contributed by atoms with Crippen LogP contribution < -0.4 is 5.56 Å². The summed E-state index contributed by atoms with van der Waals surface area (Å²) in [5, 5.41) is 0. The molecule has 1 amide bonds. The fourth-order valence-electron chi connectivity index (χ4n) is 3.92. The molecule has 2 saturated heterocycles. The van der Waals surface area contributed by atoms with Crippen LogP contribution in [0.15, 0.2) is 23.1 Å². The van der Waals surface area contributed by atoms with E-state index in [4.69, 9.17) is 0 Å². The van der Waals surface area contributed by atoms with Gasteiger partial charge in [0.25, 0.3) is 11.5 Å². The van der Waals surface area contributed by atoms with Crippen LogP contribution in [0.4, 0.5) is 0 Å². The van der Waals surface area contributed by atoms with E-state index >= 15 is 0 Å². The molecular formula is C17H25N3O2. The van der Waals surface area contributed by atoms with E-state index in [1.165, 1.54) is 23.8 Å². The third kappa shape index (κ3) is 2.58. The van der Waals surface area contributed by atoms with Gasteiger partial charge in [-0.3, -0.25) is 9.59 Å². The van der Waals surface area contributed by atoms with E-state index < -0.39 is 0 Å². The third-order valence-electron chi connectivity index (χ3n) is 5.53. The topological polar surface area (TPSA) is 45.5 Å². The van der Waals surface area contributed by atoms with Crippen molar-refractivity contribution >= 4 is 5.91 Å². The fraction of sp³-hybridized carbons (Fsp3) is 0.647. The van der Waals surface area contributed by atoms with E-state index in [2.05, 4.69) is 11.9 Å². The molecule has 0 N–H and O–H groups in total. The van der Waals surface area contributed by atoms with Gasteiger partial charge >= 0.3 is 0 Å². The van der Waals surface area contributed by atoms with Crippen molar-refractivity contribution in [3.63, 3.8) is 0 Å². The fourth-order valence-corrected chi connectivity index (χ4v) is 3.92. The van der Waals surface area contributed by atoms with E-state index in [1.807, 2.05) is 4.90 Å². The maximum atomic E-state index is 12.6. The first kappa shape index (κ1) is 15.3. The van der Waals surface area contributed by atoms with E-state index in [1.54, 1.807) is 25.4 Å². The highest BCUT2D eigenvalue weighted by molar-refractivity contribution is 5.93. The van der Waals surface area contributed by atoms with Crippen molar-refractivity contribution < 1.29 is 4.79 Å². The van der Waals surface area contributed by atoms with Crippen molar-refractivity contribution in [3.05, 3.63) is 34.2 Å². The molecule has 5 heteroatoms. The largest absolute Gasteiger partial charge is 0.338 e. The molecule has 0 saturated carbocycles. The minimum atomic E-state index is -0.206. The monoisotopic (exact) mass is 303 g/mol. The summed E-state index contributed by atoms with van der Waals surface area (Å²) < 4.78 is 1.47. The zero-order chi connectivity index (χ0) is 15.7. The number of nitrogens with zero attached hydrogens (tertiary/aromatic N) is 3. The van der Waals surface area contributed by atoms with Crippen LogP contribution in [0.2, 0.25) is 0 Å². The second-order valence-corrected chi connectivity index (χ2v) is 6.73. The molecule has 1 spiro atoms. The highest BCUT2D eigenvalue weighted by Crippen LogP contribution is 2.36. The van der Waals surface area contributed by atoms with Gasteiger partial charge in [0.2, 0.25) is 0 Å². The minimum Gasteiger partial charge on any atom is -0.338 e. The molecule has 0 radical (unpaired) electrons. The molecule has 22 heavy (non-hydrogen) atoms. The van der Waals surface area contributed by atoms with Gasteiger partial charge in [-0.1, -0.05) is 6.42 Å². The molecular weight excluding hydrogens is 278 g/mol. The molecule has 3 rings (SSSR count). The average Bonchev–Trinajstić information content (AvgIpc) is 2.53. The second-order valence-electron chi connectivity index (χ2n) is 6.73. The Morgan fingerprint density at radius 2 is 1.82 bits per heavy atom. The first-order valence-corrected chi connectivity index (χ1v) is 8.20.